The molecule has 0 aliphatic carbocycles. The lowest BCUT2D eigenvalue weighted by Crippen LogP contribution is -2.40. The van der Waals surface area contributed by atoms with Crippen LogP contribution in [0.4, 0.5) is 5.82 Å². The van der Waals surface area contributed by atoms with Crippen molar-refractivity contribution in [2.45, 2.75) is 19.4 Å². The third-order valence-electron chi connectivity index (χ3n) is 4.82. The molecule has 2 aromatic rings. The molecule has 150 valence electrons. The fourth-order valence-electron chi connectivity index (χ4n) is 3.25. The van der Waals surface area contributed by atoms with Gasteiger partial charge in [-0.25, -0.2) is 4.98 Å². The molecular formula is C21H26ClN3O3. The molecule has 6 nitrogen and oxygen atoms in total. The van der Waals surface area contributed by atoms with Crippen LogP contribution in [0.25, 0.3) is 0 Å². The maximum Gasteiger partial charge on any atom is 0.223 e. The second-order valence-electron chi connectivity index (χ2n) is 6.80. The van der Waals surface area contributed by atoms with Crippen molar-refractivity contribution < 1.29 is 14.3 Å². The Labute approximate surface area is 170 Å². The van der Waals surface area contributed by atoms with Gasteiger partial charge in [-0.2, -0.15) is 0 Å². The first-order chi connectivity index (χ1) is 13.7. The predicted octanol–water partition coefficient (Wildman–Crippen LogP) is 3.29. The molecule has 0 unspecified atom stereocenters. The van der Waals surface area contributed by atoms with E-state index >= 15 is 0 Å². The number of rotatable bonds is 8. The van der Waals surface area contributed by atoms with Crippen LogP contribution in [0.15, 0.2) is 42.6 Å². The van der Waals surface area contributed by atoms with Crippen LogP contribution in [0.3, 0.4) is 0 Å². The quantitative estimate of drug-likeness (QED) is 0.685. The first-order valence-electron chi connectivity index (χ1n) is 9.50. The summed E-state index contributed by atoms with van der Waals surface area (Å²) in [6.07, 6.45) is 3.29. The number of ether oxygens (including phenoxy) is 2. The molecule has 1 N–H and O–H groups in total. The fourth-order valence-corrected chi connectivity index (χ4v) is 3.36. The molecule has 0 saturated carbocycles. The Balaban J connectivity index is 1.44. The molecule has 0 spiro atoms. The Hall–Kier alpha value is -2.31. The Bertz CT molecular complexity index is 762. The lowest BCUT2D eigenvalue weighted by molar-refractivity contribution is -0.125. The topological polar surface area (TPSA) is 63.7 Å². The zero-order chi connectivity index (χ0) is 19.8. The molecule has 1 aromatic heterocycles. The molecule has 1 aromatic carbocycles. The summed E-state index contributed by atoms with van der Waals surface area (Å²) in [5, 5.41) is 3.69. The smallest absolute Gasteiger partial charge is 0.223 e. The summed E-state index contributed by atoms with van der Waals surface area (Å²) in [5.41, 5.74) is 1.02. The van der Waals surface area contributed by atoms with E-state index in [9.17, 15) is 4.79 Å². The van der Waals surface area contributed by atoms with Gasteiger partial charge in [-0.15, -0.1) is 0 Å². The third kappa shape index (κ3) is 5.84. The van der Waals surface area contributed by atoms with Crippen molar-refractivity contribution in [2.75, 3.05) is 38.3 Å². The summed E-state index contributed by atoms with van der Waals surface area (Å²) < 4.78 is 10.6. The second-order valence-corrected chi connectivity index (χ2v) is 7.24. The number of amides is 1. The van der Waals surface area contributed by atoms with E-state index in [1.54, 1.807) is 13.3 Å². The van der Waals surface area contributed by atoms with E-state index in [-0.39, 0.29) is 11.8 Å². The summed E-state index contributed by atoms with van der Waals surface area (Å²) in [5.74, 6) is 1.83. The van der Waals surface area contributed by atoms with Crippen LogP contribution in [0, 0.1) is 5.92 Å². The van der Waals surface area contributed by atoms with E-state index < -0.39 is 0 Å². The minimum atomic E-state index is 0.0321. The molecular weight excluding hydrogens is 378 g/mol. The van der Waals surface area contributed by atoms with Gasteiger partial charge in [0.2, 0.25) is 5.91 Å². The van der Waals surface area contributed by atoms with Gasteiger partial charge in [-0.3, -0.25) is 4.79 Å². The maximum absolute atomic E-state index is 12.5. The van der Waals surface area contributed by atoms with E-state index in [4.69, 9.17) is 21.1 Å². The number of nitrogens with zero attached hydrogens (tertiary/aromatic N) is 2. The zero-order valence-electron chi connectivity index (χ0n) is 16.1. The van der Waals surface area contributed by atoms with Gasteiger partial charge in [-0.1, -0.05) is 23.7 Å². The fraction of sp³-hybridized carbons (Fsp3) is 0.429. The number of anilines is 1. The van der Waals surface area contributed by atoms with Gasteiger partial charge >= 0.3 is 0 Å². The minimum absolute atomic E-state index is 0.0321. The molecule has 3 rings (SSSR count). The highest BCUT2D eigenvalue weighted by molar-refractivity contribution is 6.30. The Kier molecular flexibility index (Phi) is 7.51. The normalized spacial score (nSPS) is 14.7. The van der Waals surface area contributed by atoms with Gasteiger partial charge in [0.1, 0.15) is 18.2 Å². The second kappa shape index (κ2) is 10.3. The van der Waals surface area contributed by atoms with Gasteiger partial charge in [0.15, 0.2) is 0 Å². The Morgan fingerprint density at radius 3 is 2.79 bits per heavy atom. The van der Waals surface area contributed by atoms with E-state index in [0.717, 1.165) is 43.1 Å². The third-order valence-corrected chi connectivity index (χ3v) is 5.05. The summed E-state index contributed by atoms with van der Waals surface area (Å²) in [7, 11) is 1.64. The van der Waals surface area contributed by atoms with Gasteiger partial charge in [0.05, 0.1) is 11.6 Å². The van der Waals surface area contributed by atoms with E-state index in [1.165, 1.54) is 0 Å². The maximum atomic E-state index is 12.5. The molecule has 1 saturated heterocycles. The number of benzene rings is 1. The van der Waals surface area contributed by atoms with Crippen molar-refractivity contribution in [1.82, 2.24) is 10.3 Å². The summed E-state index contributed by atoms with van der Waals surface area (Å²) in [4.78, 5) is 19.1. The van der Waals surface area contributed by atoms with Crippen molar-refractivity contribution in [1.29, 1.82) is 0 Å². The minimum Gasteiger partial charge on any atom is -0.491 e. The molecule has 28 heavy (non-hydrogen) atoms. The van der Waals surface area contributed by atoms with Crippen LogP contribution >= 0.6 is 11.6 Å². The molecule has 2 heterocycles. The highest BCUT2D eigenvalue weighted by Gasteiger charge is 2.25. The zero-order valence-corrected chi connectivity index (χ0v) is 16.8. The van der Waals surface area contributed by atoms with Crippen LogP contribution < -0.4 is 15.0 Å². The summed E-state index contributed by atoms with van der Waals surface area (Å²) >= 11 is 5.89. The summed E-state index contributed by atoms with van der Waals surface area (Å²) in [6.45, 7) is 3.18. The number of aromatic nitrogens is 1. The number of methoxy groups -OCH3 is 1. The molecule has 1 amide bonds. The van der Waals surface area contributed by atoms with Gasteiger partial charge < -0.3 is 19.7 Å². The van der Waals surface area contributed by atoms with E-state index in [1.807, 2.05) is 36.4 Å². The average Bonchev–Trinajstić information content (AvgIpc) is 2.73. The molecule has 1 aliphatic rings. The van der Waals surface area contributed by atoms with E-state index in [0.29, 0.717) is 24.8 Å². The highest BCUT2D eigenvalue weighted by Crippen LogP contribution is 2.23. The predicted molar refractivity (Wildman–Crippen MR) is 110 cm³/mol. The number of halogens is 1. The van der Waals surface area contributed by atoms with Crippen molar-refractivity contribution >= 4 is 23.3 Å². The molecule has 1 aliphatic heterocycles. The van der Waals surface area contributed by atoms with Gasteiger partial charge in [0.25, 0.3) is 0 Å². The number of carbonyl (C=O) groups is 1. The largest absolute Gasteiger partial charge is 0.491 e. The lowest BCUT2D eigenvalue weighted by Gasteiger charge is -2.32. The first kappa shape index (κ1) is 20.4. The molecule has 0 atom stereocenters. The average molecular weight is 404 g/mol. The van der Waals surface area contributed by atoms with Crippen LogP contribution in [0.5, 0.6) is 5.75 Å². The standard InChI is InChI=1S/C21H26ClN3O3/c1-27-11-12-28-19-4-2-3-16(13-19)14-24-21(26)17-7-9-25(10-8-17)20-6-5-18(22)15-23-20/h2-6,13,15,17H,7-12,14H2,1H3,(H,24,26). The summed E-state index contributed by atoms with van der Waals surface area (Å²) in [6, 6.07) is 11.5. The molecule has 7 heteroatoms. The number of carbonyl (C=O) groups excluding carboxylic acids is 1. The van der Waals surface area contributed by atoms with Gasteiger partial charge in [0, 0.05) is 38.9 Å². The van der Waals surface area contributed by atoms with E-state index in [2.05, 4.69) is 15.2 Å². The van der Waals surface area contributed by atoms with Crippen molar-refractivity contribution in [3.8, 4) is 5.75 Å². The molecule has 0 radical (unpaired) electrons. The Morgan fingerprint density at radius 1 is 1.25 bits per heavy atom. The van der Waals surface area contributed by atoms with Crippen molar-refractivity contribution in [2.24, 2.45) is 5.92 Å². The number of nitrogens with one attached hydrogen (secondary N) is 1. The van der Waals surface area contributed by atoms with Crippen LogP contribution in [0.1, 0.15) is 18.4 Å². The van der Waals surface area contributed by atoms with Crippen LogP contribution in [0.2, 0.25) is 5.02 Å². The van der Waals surface area contributed by atoms with Crippen LogP contribution in [-0.4, -0.2) is 44.3 Å². The van der Waals surface area contributed by atoms with Crippen molar-refractivity contribution in [3.63, 3.8) is 0 Å². The molecule has 0 bridgehead atoms. The van der Waals surface area contributed by atoms with Crippen molar-refractivity contribution in [3.05, 3.63) is 53.2 Å². The highest BCUT2D eigenvalue weighted by atomic mass is 35.5. The SMILES string of the molecule is COCCOc1cccc(CNC(=O)C2CCN(c3ccc(Cl)cn3)CC2)c1. The first-order valence-corrected chi connectivity index (χ1v) is 9.88. The number of pyridine rings is 1. The van der Waals surface area contributed by atoms with Gasteiger partial charge in [-0.05, 0) is 42.7 Å². The molecule has 1 fully saturated rings. The number of piperidine rings is 1. The Morgan fingerprint density at radius 2 is 2.07 bits per heavy atom. The van der Waals surface area contributed by atoms with Crippen LogP contribution in [-0.2, 0) is 16.1 Å². The monoisotopic (exact) mass is 403 g/mol. The number of hydrogen-bond donors (Lipinski definition) is 1. The number of hydrogen-bond acceptors (Lipinski definition) is 5. The lowest BCUT2D eigenvalue weighted by atomic mass is 9.96.